The molecule has 6 heteroatoms. The molecule has 2 aromatic rings. The van der Waals surface area contributed by atoms with Crippen LogP contribution in [0.2, 0.25) is 0 Å². The maximum absolute atomic E-state index is 14.5. The van der Waals surface area contributed by atoms with E-state index in [2.05, 4.69) is 0 Å². The van der Waals surface area contributed by atoms with Crippen LogP contribution in [0.5, 0.6) is 11.5 Å². The molecular formula is C18H19BF2O3. The number of rotatable bonds is 3. The molecule has 0 aromatic heterocycles. The molecule has 126 valence electrons. The molecule has 3 nitrogen and oxygen atoms in total. The SMILES string of the molecule is CC1(C)OB(c2cc(F)c(Oc3ccccc3)cc2F)OC1(C)C. The second-order valence-corrected chi connectivity index (χ2v) is 6.81. The molecule has 1 heterocycles. The van der Waals surface area contributed by atoms with Crippen molar-refractivity contribution in [1.82, 2.24) is 0 Å². The lowest BCUT2D eigenvalue weighted by atomic mass is 9.78. The van der Waals surface area contributed by atoms with Crippen LogP contribution in [0.25, 0.3) is 0 Å². The molecule has 24 heavy (non-hydrogen) atoms. The van der Waals surface area contributed by atoms with E-state index < -0.39 is 30.0 Å². The molecule has 0 saturated carbocycles. The van der Waals surface area contributed by atoms with Crippen LogP contribution >= 0.6 is 0 Å². The Morgan fingerprint density at radius 1 is 0.875 bits per heavy atom. The van der Waals surface area contributed by atoms with E-state index in [0.29, 0.717) is 5.75 Å². The summed E-state index contributed by atoms with van der Waals surface area (Å²) in [7, 11) is -0.963. The van der Waals surface area contributed by atoms with E-state index in [-0.39, 0.29) is 11.2 Å². The van der Waals surface area contributed by atoms with Crippen molar-refractivity contribution >= 4 is 12.6 Å². The molecule has 1 aliphatic rings. The highest BCUT2D eigenvalue weighted by Gasteiger charge is 2.52. The molecule has 1 aliphatic heterocycles. The molecule has 0 radical (unpaired) electrons. The molecule has 0 amide bonds. The summed E-state index contributed by atoms with van der Waals surface area (Å²) in [4.78, 5) is 0. The Bertz CT molecular complexity index is 731. The number of hydrogen-bond acceptors (Lipinski definition) is 3. The predicted molar refractivity (Wildman–Crippen MR) is 88.6 cm³/mol. The summed E-state index contributed by atoms with van der Waals surface area (Å²) >= 11 is 0. The fourth-order valence-electron chi connectivity index (χ4n) is 2.39. The van der Waals surface area contributed by atoms with Gasteiger partial charge in [0.05, 0.1) is 11.2 Å². The van der Waals surface area contributed by atoms with E-state index in [1.165, 1.54) is 0 Å². The third-order valence-corrected chi connectivity index (χ3v) is 4.53. The van der Waals surface area contributed by atoms with Gasteiger partial charge in [-0.3, -0.25) is 0 Å². The van der Waals surface area contributed by atoms with Gasteiger partial charge in [0.2, 0.25) is 0 Å². The fraction of sp³-hybridized carbons (Fsp3) is 0.333. The van der Waals surface area contributed by atoms with Gasteiger partial charge in [-0.15, -0.1) is 0 Å². The number of benzene rings is 2. The summed E-state index contributed by atoms with van der Waals surface area (Å²) in [6.45, 7) is 7.42. The summed E-state index contributed by atoms with van der Waals surface area (Å²) in [5, 5.41) is 0. The van der Waals surface area contributed by atoms with Gasteiger partial charge >= 0.3 is 7.12 Å². The van der Waals surface area contributed by atoms with Crippen molar-refractivity contribution in [1.29, 1.82) is 0 Å². The predicted octanol–water partition coefficient (Wildman–Crippen LogP) is 4.06. The molecule has 0 N–H and O–H groups in total. The molecule has 0 unspecified atom stereocenters. The first-order valence-electron chi connectivity index (χ1n) is 7.77. The summed E-state index contributed by atoms with van der Waals surface area (Å²) in [5.74, 6) is -1.07. The fourth-order valence-corrected chi connectivity index (χ4v) is 2.39. The van der Waals surface area contributed by atoms with Crippen LogP contribution in [0.1, 0.15) is 27.7 Å². The quantitative estimate of drug-likeness (QED) is 0.794. The van der Waals surface area contributed by atoms with Crippen molar-refractivity contribution in [3.05, 3.63) is 54.1 Å². The third-order valence-electron chi connectivity index (χ3n) is 4.53. The van der Waals surface area contributed by atoms with Gasteiger partial charge in [-0.05, 0) is 45.9 Å². The van der Waals surface area contributed by atoms with Crippen LogP contribution in [0.15, 0.2) is 42.5 Å². The van der Waals surface area contributed by atoms with Crippen molar-refractivity contribution in [2.75, 3.05) is 0 Å². The molecule has 0 bridgehead atoms. The lowest BCUT2D eigenvalue weighted by Crippen LogP contribution is -2.41. The average Bonchev–Trinajstić information content (AvgIpc) is 2.72. The van der Waals surface area contributed by atoms with E-state index in [9.17, 15) is 8.78 Å². The topological polar surface area (TPSA) is 27.7 Å². The molecule has 1 fully saturated rings. The first-order chi connectivity index (χ1) is 11.2. The average molecular weight is 332 g/mol. The second-order valence-electron chi connectivity index (χ2n) is 6.81. The molecule has 0 spiro atoms. The van der Waals surface area contributed by atoms with Gasteiger partial charge in [0.25, 0.3) is 0 Å². The van der Waals surface area contributed by atoms with Crippen LogP contribution in [-0.2, 0) is 9.31 Å². The van der Waals surface area contributed by atoms with Gasteiger partial charge in [0.15, 0.2) is 11.6 Å². The lowest BCUT2D eigenvalue weighted by molar-refractivity contribution is 0.00578. The van der Waals surface area contributed by atoms with Crippen LogP contribution in [0, 0.1) is 11.6 Å². The Morgan fingerprint density at radius 3 is 2.04 bits per heavy atom. The van der Waals surface area contributed by atoms with Gasteiger partial charge in [0, 0.05) is 11.5 Å². The van der Waals surface area contributed by atoms with E-state index >= 15 is 0 Å². The Balaban J connectivity index is 1.89. The van der Waals surface area contributed by atoms with Crippen LogP contribution < -0.4 is 10.2 Å². The zero-order valence-corrected chi connectivity index (χ0v) is 14.1. The minimum absolute atomic E-state index is 0.0200. The van der Waals surface area contributed by atoms with Gasteiger partial charge in [-0.1, -0.05) is 18.2 Å². The van der Waals surface area contributed by atoms with Gasteiger partial charge < -0.3 is 14.0 Å². The number of ether oxygens (including phenoxy) is 1. The smallest absolute Gasteiger partial charge is 0.454 e. The summed E-state index contributed by atoms with van der Waals surface area (Å²) in [6, 6.07) is 10.7. The van der Waals surface area contributed by atoms with Crippen LogP contribution in [0.4, 0.5) is 8.78 Å². The first kappa shape index (κ1) is 16.9. The van der Waals surface area contributed by atoms with Gasteiger partial charge in [-0.2, -0.15) is 0 Å². The largest absolute Gasteiger partial charge is 0.497 e. The van der Waals surface area contributed by atoms with E-state index in [1.54, 1.807) is 24.3 Å². The van der Waals surface area contributed by atoms with Crippen LogP contribution in [-0.4, -0.2) is 18.3 Å². The standard InChI is InChI=1S/C18H19BF2O3/c1-17(2)18(3,4)24-19(23-17)13-10-15(21)16(11-14(13)20)22-12-8-6-5-7-9-12/h5-11H,1-4H3. The van der Waals surface area contributed by atoms with Gasteiger partial charge in [0.1, 0.15) is 11.6 Å². The van der Waals surface area contributed by atoms with Crippen molar-refractivity contribution in [3.63, 3.8) is 0 Å². The number of para-hydroxylation sites is 1. The Hall–Kier alpha value is -1.92. The van der Waals surface area contributed by atoms with Crippen molar-refractivity contribution < 1.29 is 22.8 Å². The highest BCUT2D eigenvalue weighted by Crippen LogP contribution is 2.37. The van der Waals surface area contributed by atoms with E-state index in [0.717, 1.165) is 12.1 Å². The summed E-state index contributed by atoms with van der Waals surface area (Å²) < 4.78 is 45.8. The lowest BCUT2D eigenvalue weighted by Gasteiger charge is -2.32. The molecule has 1 saturated heterocycles. The molecular weight excluding hydrogens is 313 g/mol. The van der Waals surface area contributed by atoms with Crippen molar-refractivity contribution in [2.45, 2.75) is 38.9 Å². The molecule has 0 atom stereocenters. The monoisotopic (exact) mass is 332 g/mol. The highest BCUT2D eigenvalue weighted by atomic mass is 19.1. The molecule has 3 rings (SSSR count). The van der Waals surface area contributed by atoms with Gasteiger partial charge in [-0.25, -0.2) is 8.78 Å². The van der Waals surface area contributed by atoms with E-state index in [1.807, 2.05) is 33.8 Å². The maximum Gasteiger partial charge on any atom is 0.497 e. The van der Waals surface area contributed by atoms with E-state index in [4.69, 9.17) is 14.0 Å². The number of halogens is 2. The minimum Gasteiger partial charge on any atom is -0.454 e. The third kappa shape index (κ3) is 3.04. The molecule has 2 aromatic carbocycles. The zero-order chi connectivity index (χ0) is 17.5. The maximum atomic E-state index is 14.5. The second kappa shape index (κ2) is 5.86. The normalized spacial score (nSPS) is 18.7. The summed E-state index contributed by atoms with van der Waals surface area (Å²) in [5.41, 5.74) is -1.23. The van der Waals surface area contributed by atoms with Crippen molar-refractivity contribution in [3.8, 4) is 11.5 Å². The highest BCUT2D eigenvalue weighted by molar-refractivity contribution is 6.62. The number of hydrogen-bond donors (Lipinski definition) is 0. The zero-order valence-electron chi connectivity index (χ0n) is 14.1. The first-order valence-corrected chi connectivity index (χ1v) is 7.77. The Kier molecular flexibility index (Phi) is 4.14. The Morgan fingerprint density at radius 2 is 1.46 bits per heavy atom. The molecule has 0 aliphatic carbocycles. The Labute approximate surface area is 140 Å². The van der Waals surface area contributed by atoms with Crippen molar-refractivity contribution in [2.24, 2.45) is 0 Å². The van der Waals surface area contributed by atoms with Crippen LogP contribution in [0.3, 0.4) is 0 Å². The minimum atomic E-state index is -0.963. The summed E-state index contributed by atoms with van der Waals surface area (Å²) in [6.07, 6.45) is 0.